The van der Waals surface area contributed by atoms with Gasteiger partial charge in [0, 0.05) is 18.7 Å². The molecule has 0 bridgehead atoms. The van der Waals surface area contributed by atoms with Gasteiger partial charge in [-0.05, 0) is 43.2 Å². The molecule has 0 aliphatic carbocycles. The number of hydrogen-bond donors (Lipinski definition) is 1. The van der Waals surface area contributed by atoms with Gasteiger partial charge in [0.25, 0.3) is 0 Å². The van der Waals surface area contributed by atoms with Gasteiger partial charge in [-0.25, -0.2) is 0 Å². The summed E-state index contributed by atoms with van der Waals surface area (Å²) >= 11 is 1.36. The number of nitrogens with one attached hydrogen (secondary N) is 1. The van der Waals surface area contributed by atoms with Gasteiger partial charge in [-0.15, -0.1) is 10.2 Å². The van der Waals surface area contributed by atoms with Crippen LogP contribution in [0.25, 0.3) is 11.3 Å². The Balaban J connectivity index is 1.53. The van der Waals surface area contributed by atoms with E-state index in [4.69, 9.17) is 14.2 Å². The Morgan fingerprint density at radius 2 is 2.07 bits per heavy atom. The third-order valence-corrected chi connectivity index (χ3v) is 5.14. The van der Waals surface area contributed by atoms with Crippen molar-refractivity contribution in [1.29, 1.82) is 0 Å². The quantitative estimate of drug-likeness (QED) is 0.695. The number of ether oxygens (including phenoxy) is 3. The predicted molar refractivity (Wildman–Crippen MR) is 103 cm³/mol. The van der Waals surface area contributed by atoms with Gasteiger partial charge < -0.3 is 19.5 Å². The van der Waals surface area contributed by atoms with Gasteiger partial charge in [-0.2, -0.15) is 0 Å². The molecule has 1 atom stereocenters. The van der Waals surface area contributed by atoms with Gasteiger partial charge in [0.15, 0.2) is 11.5 Å². The zero-order valence-electron chi connectivity index (χ0n) is 15.4. The van der Waals surface area contributed by atoms with Crippen LogP contribution in [0.4, 0.5) is 0 Å². The Bertz CT molecular complexity index is 764. The molecule has 0 spiro atoms. The lowest BCUT2D eigenvalue weighted by molar-refractivity contribution is -0.119. The van der Waals surface area contributed by atoms with E-state index in [1.54, 1.807) is 14.2 Å². The molecule has 0 saturated carbocycles. The normalized spacial score (nSPS) is 16.1. The summed E-state index contributed by atoms with van der Waals surface area (Å²) in [5.74, 6) is 1.58. The highest BCUT2D eigenvalue weighted by Crippen LogP contribution is 2.31. The van der Waals surface area contributed by atoms with Crippen molar-refractivity contribution >= 4 is 17.7 Å². The van der Waals surface area contributed by atoms with Crippen molar-refractivity contribution in [2.24, 2.45) is 0 Å². The van der Waals surface area contributed by atoms with Crippen molar-refractivity contribution < 1.29 is 19.0 Å². The molecule has 27 heavy (non-hydrogen) atoms. The van der Waals surface area contributed by atoms with E-state index in [9.17, 15) is 4.79 Å². The Kier molecular flexibility index (Phi) is 6.89. The van der Waals surface area contributed by atoms with Gasteiger partial charge in [-0.1, -0.05) is 11.8 Å². The number of hydrogen-bond acceptors (Lipinski definition) is 7. The fourth-order valence-corrected chi connectivity index (χ4v) is 3.41. The molecule has 3 rings (SSSR count). The number of aromatic nitrogens is 2. The van der Waals surface area contributed by atoms with Crippen molar-refractivity contribution in [3.05, 3.63) is 30.3 Å². The minimum atomic E-state index is -0.0266. The van der Waals surface area contributed by atoms with Crippen LogP contribution in [0.2, 0.25) is 0 Å². The summed E-state index contributed by atoms with van der Waals surface area (Å²) in [6.45, 7) is 1.36. The van der Waals surface area contributed by atoms with Crippen LogP contribution in [-0.2, 0) is 9.53 Å². The van der Waals surface area contributed by atoms with Crippen molar-refractivity contribution in [3.63, 3.8) is 0 Å². The largest absolute Gasteiger partial charge is 0.493 e. The number of methoxy groups -OCH3 is 2. The number of nitrogens with zero attached hydrogens (tertiary/aromatic N) is 2. The Morgan fingerprint density at radius 1 is 1.22 bits per heavy atom. The number of benzene rings is 1. The molecule has 144 valence electrons. The fourth-order valence-electron chi connectivity index (χ4n) is 2.77. The first-order valence-electron chi connectivity index (χ1n) is 8.77. The second-order valence-electron chi connectivity index (χ2n) is 6.05. The smallest absolute Gasteiger partial charge is 0.230 e. The second kappa shape index (κ2) is 9.57. The van der Waals surface area contributed by atoms with Gasteiger partial charge in [0.1, 0.15) is 5.03 Å². The van der Waals surface area contributed by atoms with Crippen LogP contribution in [0.3, 0.4) is 0 Å². The average Bonchev–Trinajstić information content (AvgIpc) is 3.24. The van der Waals surface area contributed by atoms with Crippen LogP contribution in [0, 0.1) is 0 Å². The second-order valence-corrected chi connectivity index (χ2v) is 7.05. The minimum Gasteiger partial charge on any atom is -0.493 e. The summed E-state index contributed by atoms with van der Waals surface area (Å²) in [6.07, 6.45) is 2.23. The highest BCUT2D eigenvalue weighted by Gasteiger charge is 2.16. The molecule has 2 heterocycles. The molecule has 1 aliphatic heterocycles. The predicted octanol–water partition coefficient (Wildman–Crippen LogP) is 2.55. The van der Waals surface area contributed by atoms with E-state index in [0.29, 0.717) is 28.8 Å². The number of thioether (sulfide) groups is 1. The van der Waals surface area contributed by atoms with Crippen LogP contribution < -0.4 is 14.8 Å². The SMILES string of the molecule is COc1ccc(-c2ccc(SCC(=O)NC[C@@H]3CCCO3)nn2)cc1OC. The minimum absolute atomic E-state index is 0.0266. The molecule has 1 amide bonds. The number of amides is 1. The maximum Gasteiger partial charge on any atom is 0.230 e. The zero-order valence-corrected chi connectivity index (χ0v) is 16.3. The van der Waals surface area contributed by atoms with E-state index < -0.39 is 0 Å². The fraction of sp³-hybridized carbons (Fsp3) is 0.421. The lowest BCUT2D eigenvalue weighted by atomic mass is 10.1. The molecular weight excluding hydrogens is 366 g/mol. The van der Waals surface area contributed by atoms with E-state index in [2.05, 4.69) is 15.5 Å². The summed E-state index contributed by atoms with van der Waals surface area (Å²) in [5.41, 5.74) is 1.61. The third-order valence-electron chi connectivity index (χ3n) is 4.22. The monoisotopic (exact) mass is 389 g/mol. The zero-order chi connectivity index (χ0) is 19.1. The lowest BCUT2D eigenvalue weighted by Crippen LogP contribution is -2.32. The topological polar surface area (TPSA) is 82.6 Å². The van der Waals surface area contributed by atoms with Crippen LogP contribution in [0.1, 0.15) is 12.8 Å². The van der Waals surface area contributed by atoms with E-state index in [1.165, 1.54) is 11.8 Å². The molecule has 8 heteroatoms. The molecule has 1 fully saturated rings. The molecule has 0 radical (unpaired) electrons. The molecule has 1 aromatic carbocycles. The van der Waals surface area contributed by atoms with Crippen LogP contribution in [0.15, 0.2) is 35.4 Å². The molecular formula is C19H23N3O4S. The standard InChI is InChI=1S/C19H23N3O4S/c1-24-16-7-5-13(10-17(16)25-2)15-6-8-19(22-21-15)27-12-18(23)20-11-14-4-3-9-26-14/h5-8,10,14H,3-4,9,11-12H2,1-2H3,(H,20,23)/t14-/m0/s1. The summed E-state index contributed by atoms with van der Waals surface area (Å²) in [5, 5.41) is 12.0. The molecule has 0 unspecified atom stereocenters. The summed E-state index contributed by atoms with van der Waals surface area (Å²) in [7, 11) is 3.19. The van der Waals surface area contributed by atoms with E-state index in [-0.39, 0.29) is 12.0 Å². The average molecular weight is 389 g/mol. The maximum atomic E-state index is 11.9. The molecule has 1 N–H and O–H groups in total. The van der Waals surface area contributed by atoms with Crippen molar-refractivity contribution in [2.75, 3.05) is 33.1 Å². The van der Waals surface area contributed by atoms with E-state index in [0.717, 1.165) is 30.7 Å². The van der Waals surface area contributed by atoms with Crippen molar-refractivity contribution in [3.8, 4) is 22.8 Å². The van der Waals surface area contributed by atoms with Crippen molar-refractivity contribution in [1.82, 2.24) is 15.5 Å². The molecule has 1 aromatic heterocycles. The highest BCUT2D eigenvalue weighted by molar-refractivity contribution is 7.99. The highest BCUT2D eigenvalue weighted by atomic mass is 32.2. The van der Waals surface area contributed by atoms with Gasteiger partial charge in [0.2, 0.25) is 5.91 Å². The molecule has 1 saturated heterocycles. The number of carbonyl (C=O) groups excluding carboxylic acids is 1. The summed E-state index contributed by atoms with van der Waals surface area (Å²) < 4.78 is 16.1. The number of carbonyl (C=O) groups is 1. The third kappa shape index (κ3) is 5.33. The Hall–Kier alpha value is -2.32. The van der Waals surface area contributed by atoms with Gasteiger partial charge >= 0.3 is 0 Å². The van der Waals surface area contributed by atoms with Crippen LogP contribution in [0.5, 0.6) is 11.5 Å². The van der Waals surface area contributed by atoms with E-state index in [1.807, 2.05) is 30.3 Å². The van der Waals surface area contributed by atoms with E-state index >= 15 is 0 Å². The Labute approximate surface area is 162 Å². The lowest BCUT2D eigenvalue weighted by Gasteiger charge is -2.10. The Morgan fingerprint density at radius 3 is 2.74 bits per heavy atom. The molecule has 7 nitrogen and oxygen atoms in total. The first-order valence-corrected chi connectivity index (χ1v) is 9.75. The summed E-state index contributed by atoms with van der Waals surface area (Å²) in [4.78, 5) is 11.9. The van der Waals surface area contributed by atoms with Crippen molar-refractivity contribution in [2.45, 2.75) is 24.0 Å². The number of rotatable bonds is 8. The summed E-state index contributed by atoms with van der Waals surface area (Å²) in [6, 6.07) is 9.32. The van der Waals surface area contributed by atoms with Gasteiger partial charge in [0.05, 0.1) is 31.8 Å². The van der Waals surface area contributed by atoms with Crippen LogP contribution in [-0.4, -0.2) is 55.3 Å². The first-order chi connectivity index (χ1) is 13.2. The van der Waals surface area contributed by atoms with Gasteiger partial charge in [-0.3, -0.25) is 4.79 Å². The van der Waals surface area contributed by atoms with Crippen LogP contribution >= 0.6 is 11.8 Å². The molecule has 2 aromatic rings. The first kappa shape index (κ1) is 19.4. The maximum absolute atomic E-state index is 11.9. The molecule has 1 aliphatic rings.